The topological polar surface area (TPSA) is 75.7 Å². The summed E-state index contributed by atoms with van der Waals surface area (Å²) in [5.41, 5.74) is -0.295. The Morgan fingerprint density at radius 3 is 2.46 bits per heavy atom. The molecular weight excluding hydrogens is 308 g/mol. The fraction of sp³-hybridized carbons (Fsp3) is 0.500. The number of Topliss-reactive ketones (excluding diaryl/α,β-unsaturated/α-hetero) is 1. The monoisotopic (exact) mass is 333 g/mol. The third kappa shape index (κ3) is 5.08. The standard InChI is InChI=1S/C18H24N2O4/c1-18(2,3)24-17(23)19-15(13-7-5-4-6-8-13)16(22)20-11-9-14(21)10-12-20/h4-8,15H,9-12H2,1-3H3,(H,19,23)/i1D. The van der Waals surface area contributed by atoms with E-state index >= 15 is 0 Å². The molecule has 0 bridgehead atoms. The van der Waals surface area contributed by atoms with Gasteiger partial charge in [-0.25, -0.2) is 4.79 Å². The second-order valence-electron chi connectivity index (χ2n) is 6.50. The largest absolute Gasteiger partial charge is 0.444 e. The van der Waals surface area contributed by atoms with E-state index in [9.17, 15) is 14.4 Å². The van der Waals surface area contributed by atoms with Crippen LogP contribution in [0.25, 0.3) is 0 Å². The third-order valence-electron chi connectivity index (χ3n) is 3.64. The van der Waals surface area contributed by atoms with Gasteiger partial charge >= 0.3 is 6.09 Å². The molecule has 24 heavy (non-hydrogen) atoms. The van der Waals surface area contributed by atoms with Crippen LogP contribution in [0.15, 0.2) is 30.3 Å². The van der Waals surface area contributed by atoms with E-state index in [1.807, 2.05) is 6.07 Å². The summed E-state index contributed by atoms with van der Waals surface area (Å²) in [7, 11) is 0. The molecule has 6 heteroatoms. The number of hydrogen-bond acceptors (Lipinski definition) is 4. The first-order chi connectivity index (χ1) is 11.8. The average molecular weight is 333 g/mol. The Labute approximate surface area is 143 Å². The molecule has 1 atom stereocenters. The number of benzene rings is 1. The number of ketones is 1. The molecule has 0 aromatic heterocycles. The first-order valence-corrected chi connectivity index (χ1v) is 7.96. The van der Waals surface area contributed by atoms with E-state index in [2.05, 4.69) is 5.32 Å². The minimum Gasteiger partial charge on any atom is -0.444 e. The number of likely N-dealkylation sites (tertiary alicyclic amines) is 1. The van der Waals surface area contributed by atoms with Crippen molar-refractivity contribution in [2.45, 2.75) is 45.2 Å². The minimum atomic E-state index is -0.939. The zero-order valence-electron chi connectivity index (χ0n) is 15.1. The lowest BCUT2D eigenvalue weighted by Crippen LogP contribution is -2.47. The van der Waals surface area contributed by atoms with Crippen LogP contribution in [0.2, 0.25) is 0 Å². The molecule has 0 aliphatic carbocycles. The van der Waals surface area contributed by atoms with E-state index in [4.69, 9.17) is 6.11 Å². The zero-order chi connectivity index (χ0) is 18.4. The number of hydrogen-bond donors (Lipinski definition) is 1. The maximum Gasteiger partial charge on any atom is 0.408 e. The average Bonchev–Trinajstić information content (AvgIpc) is 2.60. The highest BCUT2D eigenvalue weighted by atomic mass is 16.6. The molecule has 1 aromatic carbocycles. The molecule has 1 aromatic rings. The van der Waals surface area contributed by atoms with Gasteiger partial charge in [0.1, 0.15) is 17.4 Å². The Morgan fingerprint density at radius 2 is 1.88 bits per heavy atom. The van der Waals surface area contributed by atoms with Gasteiger partial charge in [0.15, 0.2) is 0 Å². The van der Waals surface area contributed by atoms with Crippen molar-refractivity contribution < 1.29 is 20.5 Å². The highest BCUT2D eigenvalue weighted by Crippen LogP contribution is 2.19. The van der Waals surface area contributed by atoms with E-state index in [0.717, 1.165) is 0 Å². The molecule has 1 aliphatic rings. The highest BCUT2D eigenvalue weighted by Gasteiger charge is 2.31. The van der Waals surface area contributed by atoms with Gasteiger partial charge in [0.25, 0.3) is 0 Å². The molecule has 1 unspecified atom stereocenters. The Balaban J connectivity index is 2.15. The molecule has 6 nitrogen and oxygen atoms in total. The molecule has 1 N–H and O–H groups in total. The van der Waals surface area contributed by atoms with Crippen LogP contribution in [0.1, 0.15) is 46.6 Å². The van der Waals surface area contributed by atoms with Crippen molar-refractivity contribution in [3.05, 3.63) is 35.9 Å². The fourth-order valence-electron chi connectivity index (χ4n) is 2.49. The van der Waals surface area contributed by atoms with Gasteiger partial charge in [0.05, 0.1) is 0 Å². The summed E-state index contributed by atoms with van der Waals surface area (Å²) >= 11 is 0. The lowest BCUT2D eigenvalue weighted by Gasteiger charge is -2.31. The molecule has 130 valence electrons. The lowest BCUT2D eigenvalue weighted by molar-refractivity contribution is -0.136. The van der Waals surface area contributed by atoms with Gasteiger partial charge in [-0.3, -0.25) is 9.59 Å². The summed E-state index contributed by atoms with van der Waals surface area (Å²) in [6.07, 6.45) is -0.0693. The number of amides is 2. The van der Waals surface area contributed by atoms with Crippen molar-refractivity contribution in [1.29, 1.82) is 0 Å². The number of piperidine rings is 1. The molecule has 2 amide bonds. The van der Waals surface area contributed by atoms with Crippen molar-refractivity contribution >= 4 is 17.8 Å². The summed E-state index contributed by atoms with van der Waals surface area (Å²) in [6, 6.07) is 8.03. The van der Waals surface area contributed by atoms with Crippen LogP contribution in [-0.4, -0.2) is 41.4 Å². The summed E-state index contributed by atoms with van der Waals surface area (Å²) in [4.78, 5) is 38.1. The molecule has 0 spiro atoms. The van der Waals surface area contributed by atoms with Gasteiger partial charge < -0.3 is 15.0 Å². The molecule has 0 radical (unpaired) electrons. The van der Waals surface area contributed by atoms with Crippen LogP contribution in [0.5, 0.6) is 0 Å². The predicted octanol–water partition coefficient (Wildman–Crippen LogP) is 2.44. The zero-order valence-corrected chi connectivity index (χ0v) is 14.1. The van der Waals surface area contributed by atoms with E-state index in [1.54, 1.807) is 43.0 Å². The van der Waals surface area contributed by atoms with Gasteiger partial charge in [0.2, 0.25) is 5.91 Å². The molecule has 1 heterocycles. The SMILES string of the molecule is [2H]CC(C)(C)OC(=O)NC(C(=O)N1CCC(=O)CC1)c1ccccc1. The van der Waals surface area contributed by atoms with Crippen molar-refractivity contribution in [3.8, 4) is 0 Å². The van der Waals surface area contributed by atoms with Crippen LogP contribution in [-0.2, 0) is 14.3 Å². The molecule has 1 aliphatic heterocycles. The smallest absolute Gasteiger partial charge is 0.408 e. The molecule has 1 saturated heterocycles. The van der Waals surface area contributed by atoms with Crippen LogP contribution >= 0.6 is 0 Å². The van der Waals surface area contributed by atoms with E-state index in [1.165, 1.54) is 0 Å². The van der Waals surface area contributed by atoms with Crippen molar-refractivity contribution in [1.82, 2.24) is 10.2 Å². The Morgan fingerprint density at radius 1 is 1.25 bits per heavy atom. The minimum absolute atomic E-state index is 0.0847. The third-order valence-corrected chi connectivity index (χ3v) is 3.64. The number of ether oxygens (including phenoxy) is 1. The molecule has 0 saturated carbocycles. The van der Waals surface area contributed by atoms with Gasteiger partial charge in [-0.05, 0) is 26.3 Å². The number of nitrogens with one attached hydrogen (secondary N) is 1. The molecule has 1 fully saturated rings. The van der Waals surface area contributed by atoms with Crippen LogP contribution in [0.4, 0.5) is 4.79 Å². The van der Waals surface area contributed by atoms with Crippen LogP contribution in [0.3, 0.4) is 0 Å². The summed E-state index contributed by atoms with van der Waals surface area (Å²) < 4.78 is 12.6. The van der Waals surface area contributed by atoms with Crippen LogP contribution < -0.4 is 5.32 Å². The number of rotatable bonds is 3. The van der Waals surface area contributed by atoms with Gasteiger partial charge in [-0.15, -0.1) is 0 Å². The highest BCUT2D eigenvalue weighted by molar-refractivity contribution is 5.89. The van der Waals surface area contributed by atoms with Gasteiger partial charge in [-0.1, -0.05) is 30.3 Å². The predicted molar refractivity (Wildman–Crippen MR) is 89.4 cm³/mol. The maximum atomic E-state index is 12.9. The lowest BCUT2D eigenvalue weighted by atomic mass is 10.0. The first-order valence-electron chi connectivity index (χ1n) is 8.67. The quantitative estimate of drug-likeness (QED) is 0.922. The van der Waals surface area contributed by atoms with E-state index in [-0.39, 0.29) is 18.6 Å². The van der Waals surface area contributed by atoms with E-state index in [0.29, 0.717) is 31.5 Å². The van der Waals surface area contributed by atoms with Gasteiger partial charge in [-0.2, -0.15) is 0 Å². The first kappa shape index (κ1) is 16.5. The van der Waals surface area contributed by atoms with Gasteiger partial charge in [0, 0.05) is 27.3 Å². The summed E-state index contributed by atoms with van der Waals surface area (Å²) in [6.45, 7) is 3.90. The normalized spacial score (nSPS) is 17.0. The summed E-state index contributed by atoms with van der Waals surface area (Å²) in [5.74, 6) is -0.121. The fourth-order valence-corrected chi connectivity index (χ4v) is 2.49. The Hall–Kier alpha value is -2.37. The summed E-state index contributed by atoms with van der Waals surface area (Å²) in [5, 5.41) is 2.61. The molecule has 2 rings (SSSR count). The second-order valence-corrected chi connectivity index (χ2v) is 6.50. The van der Waals surface area contributed by atoms with Crippen LogP contribution in [0, 0.1) is 0 Å². The number of alkyl carbamates (subject to hydrolysis) is 1. The number of carbonyl (C=O) groups excluding carboxylic acids is 3. The maximum absolute atomic E-state index is 12.9. The number of carbonyl (C=O) groups is 3. The molecular formula is C18H24N2O4. The Kier molecular flexibility index (Phi) is 5.13. The van der Waals surface area contributed by atoms with E-state index < -0.39 is 17.7 Å². The van der Waals surface area contributed by atoms with Crippen molar-refractivity contribution in [2.75, 3.05) is 13.1 Å². The van der Waals surface area contributed by atoms with Crippen molar-refractivity contribution in [2.24, 2.45) is 0 Å². The number of nitrogens with zero attached hydrogens (tertiary/aromatic N) is 1. The van der Waals surface area contributed by atoms with Crippen molar-refractivity contribution in [3.63, 3.8) is 0 Å². The Bertz CT molecular complexity index is 623. The second kappa shape index (κ2) is 7.47.